The molecule has 1 saturated heterocycles. The van der Waals surface area contributed by atoms with Crippen LogP contribution in [0.5, 0.6) is 0 Å². The summed E-state index contributed by atoms with van der Waals surface area (Å²) in [7, 11) is 0. The van der Waals surface area contributed by atoms with Crippen molar-refractivity contribution < 1.29 is 4.79 Å². The zero-order chi connectivity index (χ0) is 15.5. The van der Waals surface area contributed by atoms with Crippen molar-refractivity contribution in [3.05, 3.63) is 11.8 Å². The fourth-order valence-corrected chi connectivity index (χ4v) is 3.04. The van der Waals surface area contributed by atoms with E-state index in [0.717, 1.165) is 32.2 Å². The number of rotatable bonds is 4. The van der Waals surface area contributed by atoms with Gasteiger partial charge in [-0.15, -0.1) is 0 Å². The van der Waals surface area contributed by atoms with Crippen molar-refractivity contribution in [2.24, 2.45) is 5.92 Å². The Hall–Kier alpha value is -1.81. The Morgan fingerprint density at radius 1 is 1.50 bits per heavy atom. The van der Waals surface area contributed by atoms with Gasteiger partial charge in [0.2, 0.25) is 5.91 Å². The Morgan fingerprint density at radius 3 is 3.00 bits per heavy atom. The van der Waals surface area contributed by atoms with E-state index in [-0.39, 0.29) is 11.8 Å². The highest BCUT2D eigenvalue weighted by Crippen LogP contribution is 2.27. The minimum Gasteiger partial charge on any atom is -0.355 e. The van der Waals surface area contributed by atoms with E-state index in [4.69, 9.17) is 0 Å². The van der Waals surface area contributed by atoms with Gasteiger partial charge in [0, 0.05) is 19.1 Å². The number of nitriles is 1. The smallest absolute Gasteiger partial charge is 0.225 e. The lowest BCUT2D eigenvalue weighted by Crippen LogP contribution is -2.44. The first-order valence-corrected chi connectivity index (χ1v) is 8.80. The quantitative estimate of drug-likeness (QED) is 0.670. The number of hydrogen-bond donors (Lipinski definition) is 1. The number of hydrogen-bond acceptors (Lipinski definition) is 6. The van der Waals surface area contributed by atoms with Gasteiger partial charge in [0.1, 0.15) is 11.6 Å². The molecule has 7 heteroatoms. The van der Waals surface area contributed by atoms with Gasteiger partial charge in [-0.25, -0.2) is 9.97 Å². The minimum absolute atomic E-state index is 0.0198. The summed E-state index contributed by atoms with van der Waals surface area (Å²) in [6.45, 7) is 1.45. The third-order valence-electron chi connectivity index (χ3n) is 4.07. The van der Waals surface area contributed by atoms with Crippen LogP contribution in [0.2, 0.25) is 0 Å². The van der Waals surface area contributed by atoms with Crippen LogP contribution in [0.3, 0.4) is 0 Å². The molecule has 1 aliphatic heterocycles. The van der Waals surface area contributed by atoms with Crippen molar-refractivity contribution in [3.8, 4) is 6.07 Å². The maximum absolute atomic E-state index is 12.3. The van der Waals surface area contributed by atoms with Gasteiger partial charge in [0.15, 0.2) is 11.0 Å². The molecule has 22 heavy (non-hydrogen) atoms. The highest BCUT2D eigenvalue weighted by molar-refractivity contribution is 7.98. The molecule has 1 N–H and O–H groups in total. The number of anilines is 1. The molecule has 1 atom stereocenters. The Kier molecular flexibility index (Phi) is 4.48. The molecule has 2 heterocycles. The molecular weight excluding hydrogens is 298 g/mol. The van der Waals surface area contributed by atoms with E-state index in [1.165, 1.54) is 11.8 Å². The second-order valence-corrected chi connectivity index (χ2v) is 6.55. The van der Waals surface area contributed by atoms with Crippen LogP contribution in [0.1, 0.15) is 31.2 Å². The monoisotopic (exact) mass is 317 g/mol. The first-order chi connectivity index (χ1) is 10.7. The Balaban J connectivity index is 1.76. The van der Waals surface area contributed by atoms with Crippen LogP contribution in [-0.2, 0) is 4.79 Å². The normalized spacial score (nSPS) is 21.3. The standard InChI is InChI=1S/C15H19N5OS/c1-22-15-17-8-11(7-16)13(19-15)20-6-2-3-10(9-20)14(21)18-12-4-5-12/h8,10,12H,2-6,9H2,1H3,(H,18,21). The van der Waals surface area contributed by atoms with Crippen LogP contribution in [0.25, 0.3) is 0 Å². The first-order valence-electron chi connectivity index (χ1n) is 7.57. The summed E-state index contributed by atoms with van der Waals surface area (Å²) in [5, 5.41) is 13.0. The number of piperidine rings is 1. The number of carbonyl (C=O) groups excluding carboxylic acids is 1. The van der Waals surface area contributed by atoms with Crippen LogP contribution in [0.4, 0.5) is 5.82 Å². The second kappa shape index (κ2) is 6.53. The topological polar surface area (TPSA) is 81.9 Å². The van der Waals surface area contributed by atoms with Crippen molar-refractivity contribution in [3.63, 3.8) is 0 Å². The molecule has 6 nitrogen and oxygen atoms in total. The summed E-state index contributed by atoms with van der Waals surface area (Å²) < 4.78 is 0. The number of nitrogens with zero attached hydrogens (tertiary/aromatic N) is 4. The highest BCUT2D eigenvalue weighted by atomic mass is 32.2. The maximum Gasteiger partial charge on any atom is 0.225 e. The summed E-state index contributed by atoms with van der Waals surface area (Å²) in [6, 6.07) is 2.54. The lowest BCUT2D eigenvalue weighted by molar-refractivity contribution is -0.125. The van der Waals surface area contributed by atoms with Gasteiger partial charge >= 0.3 is 0 Å². The summed E-state index contributed by atoms with van der Waals surface area (Å²) >= 11 is 1.45. The lowest BCUT2D eigenvalue weighted by atomic mass is 9.97. The van der Waals surface area contributed by atoms with Crippen molar-refractivity contribution in [1.29, 1.82) is 5.26 Å². The third kappa shape index (κ3) is 3.33. The van der Waals surface area contributed by atoms with Crippen molar-refractivity contribution in [2.75, 3.05) is 24.2 Å². The Bertz CT molecular complexity index is 610. The van der Waals surface area contributed by atoms with Crippen molar-refractivity contribution in [1.82, 2.24) is 15.3 Å². The summed E-state index contributed by atoms with van der Waals surface area (Å²) in [6.07, 6.45) is 7.52. The number of amides is 1. The van der Waals surface area contributed by atoms with Crippen LogP contribution in [0, 0.1) is 17.2 Å². The van der Waals surface area contributed by atoms with E-state index < -0.39 is 0 Å². The van der Waals surface area contributed by atoms with Gasteiger partial charge in [-0.2, -0.15) is 5.26 Å². The fourth-order valence-electron chi connectivity index (χ4n) is 2.71. The van der Waals surface area contributed by atoms with Crippen molar-refractivity contribution >= 4 is 23.5 Å². The van der Waals surface area contributed by atoms with Crippen LogP contribution >= 0.6 is 11.8 Å². The van der Waals surface area contributed by atoms with E-state index in [1.54, 1.807) is 6.20 Å². The summed E-state index contributed by atoms with van der Waals surface area (Å²) in [5.74, 6) is 0.782. The van der Waals surface area contributed by atoms with E-state index in [0.29, 0.717) is 29.1 Å². The van der Waals surface area contributed by atoms with Crippen LogP contribution in [-0.4, -0.2) is 41.3 Å². The molecular formula is C15H19N5OS. The highest BCUT2D eigenvalue weighted by Gasteiger charge is 2.31. The molecule has 2 aliphatic rings. The average molecular weight is 317 g/mol. The van der Waals surface area contributed by atoms with Gasteiger partial charge in [-0.3, -0.25) is 4.79 Å². The van der Waals surface area contributed by atoms with Gasteiger partial charge in [-0.1, -0.05) is 11.8 Å². The van der Waals surface area contributed by atoms with Crippen LogP contribution < -0.4 is 10.2 Å². The Morgan fingerprint density at radius 2 is 2.32 bits per heavy atom. The fraction of sp³-hybridized carbons (Fsp3) is 0.600. The van der Waals surface area contributed by atoms with Gasteiger partial charge < -0.3 is 10.2 Å². The zero-order valence-electron chi connectivity index (χ0n) is 12.6. The van der Waals surface area contributed by atoms with Crippen molar-refractivity contribution in [2.45, 2.75) is 36.9 Å². The zero-order valence-corrected chi connectivity index (χ0v) is 13.4. The molecule has 1 saturated carbocycles. The molecule has 116 valence electrons. The van der Waals surface area contributed by atoms with Crippen LogP contribution in [0.15, 0.2) is 11.4 Å². The molecule has 1 aromatic rings. The molecule has 2 fully saturated rings. The first kappa shape index (κ1) is 15.1. The molecule has 3 rings (SSSR count). The number of aromatic nitrogens is 2. The maximum atomic E-state index is 12.3. The van der Waals surface area contributed by atoms with E-state index in [9.17, 15) is 10.1 Å². The molecule has 1 amide bonds. The lowest BCUT2D eigenvalue weighted by Gasteiger charge is -2.33. The predicted octanol–water partition coefficient (Wildman–Crippen LogP) is 1.57. The Labute approximate surface area is 134 Å². The summed E-state index contributed by atoms with van der Waals surface area (Å²) in [4.78, 5) is 22.9. The average Bonchev–Trinajstić information content (AvgIpc) is 3.38. The SMILES string of the molecule is CSc1ncc(C#N)c(N2CCCC(C(=O)NC3CC3)C2)n1. The molecule has 0 aromatic carbocycles. The molecule has 1 aliphatic carbocycles. The summed E-state index contributed by atoms with van der Waals surface area (Å²) in [5.41, 5.74) is 0.473. The van der Waals surface area contributed by atoms with E-state index in [1.807, 2.05) is 6.26 Å². The van der Waals surface area contributed by atoms with E-state index in [2.05, 4.69) is 26.3 Å². The van der Waals surface area contributed by atoms with Gasteiger partial charge in [-0.05, 0) is 31.9 Å². The van der Waals surface area contributed by atoms with Gasteiger partial charge in [0.25, 0.3) is 0 Å². The molecule has 1 aromatic heterocycles. The molecule has 0 radical (unpaired) electrons. The number of thioether (sulfide) groups is 1. The molecule has 0 spiro atoms. The van der Waals surface area contributed by atoms with E-state index >= 15 is 0 Å². The second-order valence-electron chi connectivity index (χ2n) is 5.77. The minimum atomic E-state index is -0.0198. The third-order valence-corrected chi connectivity index (χ3v) is 4.63. The predicted molar refractivity (Wildman–Crippen MR) is 84.6 cm³/mol. The molecule has 0 bridgehead atoms. The van der Waals surface area contributed by atoms with Gasteiger partial charge in [0.05, 0.1) is 12.1 Å². The number of carbonyl (C=O) groups is 1. The largest absolute Gasteiger partial charge is 0.355 e. The number of nitrogens with one attached hydrogen (secondary N) is 1. The molecule has 1 unspecified atom stereocenters.